The molecular formula is C26H35BN4O5. The summed E-state index contributed by atoms with van der Waals surface area (Å²) >= 11 is 0. The minimum atomic E-state index is -1.97. The molecule has 0 saturated carbocycles. The Labute approximate surface area is 212 Å². The van der Waals surface area contributed by atoms with Gasteiger partial charge < -0.3 is 29.7 Å². The molecular weight excluding hydrogens is 459 g/mol. The topological polar surface area (TPSA) is 109 Å². The van der Waals surface area contributed by atoms with Crippen molar-refractivity contribution in [3.63, 3.8) is 0 Å². The lowest BCUT2D eigenvalue weighted by atomic mass is 10.1. The largest absolute Gasteiger partial charge is 0.635 e. The summed E-state index contributed by atoms with van der Waals surface area (Å²) in [5, 5.41) is 25.9. The van der Waals surface area contributed by atoms with Gasteiger partial charge in [0.05, 0.1) is 11.4 Å². The first-order chi connectivity index (χ1) is 17.2. The van der Waals surface area contributed by atoms with Crippen molar-refractivity contribution >= 4 is 13.2 Å². The van der Waals surface area contributed by atoms with E-state index in [1.807, 2.05) is 88.6 Å². The van der Waals surface area contributed by atoms with Crippen LogP contribution in [0.15, 0.2) is 60.7 Å². The number of likely N-dealkylation sites (N-methyl/N-ethyl adjacent to an activating group) is 1. The highest BCUT2D eigenvalue weighted by atomic mass is 16.6. The minimum Gasteiger partial charge on any atom is -0.492 e. The van der Waals surface area contributed by atoms with Crippen LogP contribution >= 0.6 is 0 Å². The van der Waals surface area contributed by atoms with E-state index in [4.69, 9.17) is 14.5 Å². The van der Waals surface area contributed by atoms with Crippen LogP contribution in [0.4, 0.5) is 0 Å². The van der Waals surface area contributed by atoms with Gasteiger partial charge >= 0.3 is 7.32 Å². The predicted molar refractivity (Wildman–Crippen MR) is 140 cm³/mol. The van der Waals surface area contributed by atoms with E-state index in [0.29, 0.717) is 18.7 Å². The maximum absolute atomic E-state index is 12.9. The number of carbonyl (C=O) groups excluding carboxylic acids is 1. The summed E-state index contributed by atoms with van der Waals surface area (Å²) < 4.78 is 12.6. The molecule has 36 heavy (non-hydrogen) atoms. The zero-order valence-corrected chi connectivity index (χ0v) is 21.3. The highest BCUT2D eigenvalue weighted by molar-refractivity contribution is 6.32. The number of nitrogens with zero attached hydrogens (tertiary/aromatic N) is 3. The van der Waals surface area contributed by atoms with Crippen LogP contribution in [-0.4, -0.2) is 71.4 Å². The molecule has 0 aliphatic rings. The number of benzene rings is 2. The molecule has 1 heterocycles. The molecule has 1 amide bonds. The van der Waals surface area contributed by atoms with Crippen LogP contribution in [0.5, 0.6) is 5.75 Å². The van der Waals surface area contributed by atoms with E-state index in [1.54, 1.807) is 4.68 Å². The molecule has 0 radical (unpaired) electrons. The number of amides is 1. The van der Waals surface area contributed by atoms with Gasteiger partial charge in [-0.25, -0.2) is 0 Å². The van der Waals surface area contributed by atoms with Crippen LogP contribution in [0, 0.1) is 5.92 Å². The number of aromatic nitrogens is 2. The summed E-state index contributed by atoms with van der Waals surface area (Å²) in [7, 11) is 2.02. The van der Waals surface area contributed by atoms with Gasteiger partial charge in [-0.05, 0) is 50.2 Å². The predicted octanol–water partition coefficient (Wildman–Crippen LogP) is 2.63. The summed E-state index contributed by atoms with van der Waals surface area (Å²) in [6.07, 6.45) is -0.399. The van der Waals surface area contributed by atoms with Crippen LogP contribution in [0.25, 0.3) is 22.5 Å². The molecule has 3 aromatic rings. The molecule has 192 valence electrons. The molecule has 0 fully saturated rings. The standard InChI is InChI=1S/C26H35BN4O5/c1-19(2)15-26(36-27(33)34)28-25(32)18-31-24(20-9-6-5-7-10-20)17-23(29-31)21-11-8-12-22(16-21)35-14-13-30(3)4/h5-12,16-17,19,26,33-34H,13-15,18H2,1-4H3,(H,28,32)/t26-/m1/s1. The molecule has 3 rings (SSSR count). The Balaban J connectivity index is 1.84. The molecule has 0 saturated heterocycles. The van der Waals surface area contributed by atoms with E-state index < -0.39 is 13.5 Å². The van der Waals surface area contributed by atoms with Crippen molar-refractivity contribution < 1.29 is 24.2 Å². The average Bonchev–Trinajstić information content (AvgIpc) is 3.22. The van der Waals surface area contributed by atoms with E-state index >= 15 is 0 Å². The monoisotopic (exact) mass is 494 g/mol. The first kappa shape index (κ1) is 27.4. The zero-order valence-electron chi connectivity index (χ0n) is 21.3. The number of carbonyl (C=O) groups is 1. The third-order valence-electron chi connectivity index (χ3n) is 5.37. The van der Waals surface area contributed by atoms with E-state index in [0.717, 1.165) is 29.1 Å². The second-order valence-corrected chi connectivity index (χ2v) is 9.27. The lowest BCUT2D eigenvalue weighted by molar-refractivity contribution is -0.125. The highest BCUT2D eigenvalue weighted by Crippen LogP contribution is 2.28. The molecule has 0 aliphatic heterocycles. The molecule has 0 spiro atoms. The number of rotatable bonds is 13. The normalized spacial score (nSPS) is 12.1. The van der Waals surface area contributed by atoms with Crippen molar-refractivity contribution in [3.05, 3.63) is 60.7 Å². The zero-order chi connectivity index (χ0) is 26.1. The van der Waals surface area contributed by atoms with Gasteiger partial charge in [0.25, 0.3) is 0 Å². The van der Waals surface area contributed by atoms with Gasteiger partial charge in [-0.1, -0.05) is 56.3 Å². The summed E-state index contributed by atoms with van der Waals surface area (Å²) in [5.74, 6) is 0.575. The fraction of sp³-hybridized carbons (Fsp3) is 0.385. The fourth-order valence-corrected chi connectivity index (χ4v) is 3.70. The molecule has 3 N–H and O–H groups in total. The minimum absolute atomic E-state index is 0.0667. The van der Waals surface area contributed by atoms with Crippen molar-refractivity contribution in [1.29, 1.82) is 0 Å². The molecule has 1 atom stereocenters. The fourth-order valence-electron chi connectivity index (χ4n) is 3.70. The smallest absolute Gasteiger partial charge is 0.492 e. The Kier molecular flexibility index (Phi) is 10.1. The Morgan fingerprint density at radius 2 is 1.81 bits per heavy atom. The maximum Gasteiger partial charge on any atom is 0.635 e. The summed E-state index contributed by atoms with van der Waals surface area (Å²) in [4.78, 5) is 15.0. The molecule has 2 aromatic carbocycles. The maximum atomic E-state index is 12.9. The Hall–Kier alpha value is -3.18. The van der Waals surface area contributed by atoms with Crippen molar-refractivity contribution in [1.82, 2.24) is 20.0 Å². The van der Waals surface area contributed by atoms with Gasteiger partial charge in [0.2, 0.25) is 5.91 Å². The molecule has 0 unspecified atom stereocenters. The van der Waals surface area contributed by atoms with E-state index in [-0.39, 0.29) is 18.4 Å². The Morgan fingerprint density at radius 1 is 1.08 bits per heavy atom. The highest BCUT2D eigenvalue weighted by Gasteiger charge is 2.22. The number of nitrogens with one attached hydrogen (secondary N) is 1. The van der Waals surface area contributed by atoms with Gasteiger partial charge in [-0.2, -0.15) is 5.10 Å². The summed E-state index contributed by atoms with van der Waals surface area (Å²) in [6.45, 7) is 5.22. The number of ether oxygens (including phenoxy) is 1. The molecule has 1 aromatic heterocycles. The van der Waals surface area contributed by atoms with Crippen LogP contribution < -0.4 is 10.1 Å². The van der Waals surface area contributed by atoms with E-state index in [1.165, 1.54) is 0 Å². The Bertz CT molecular complexity index is 1090. The van der Waals surface area contributed by atoms with Gasteiger partial charge in [0.15, 0.2) is 0 Å². The first-order valence-electron chi connectivity index (χ1n) is 12.0. The molecule has 0 aliphatic carbocycles. The van der Waals surface area contributed by atoms with Crippen LogP contribution in [0.2, 0.25) is 0 Å². The van der Waals surface area contributed by atoms with E-state index in [2.05, 4.69) is 10.2 Å². The Morgan fingerprint density at radius 3 is 2.47 bits per heavy atom. The SMILES string of the molecule is CC(C)C[C@H](NC(=O)Cn1nc(-c2cccc(OCCN(C)C)c2)cc1-c1ccccc1)OB(O)O. The van der Waals surface area contributed by atoms with Crippen molar-refractivity contribution in [2.75, 3.05) is 27.2 Å². The third-order valence-corrected chi connectivity index (χ3v) is 5.37. The summed E-state index contributed by atoms with van der Waals surface area (Å²) in [6, 6.07) is 19.4. The average molecular weight is 494 g/mol. The lowest BCUT2D eigenvalue weighted by Crippen LogP contribution is -2.43. The van der Waals surface area contributed by atoms with Crippen molar-refractivity contribution in [3.8, 4) is 28.3 Å². The molecule has 0 bridgehead atoms. The van der Waals surface area contributed by atoms with Crippen LogP contribution in [-0.2, 0) is 16.0 Å². The van der Waals surface area contributed by atoms with Gasteiger partial charge in [0.1, 0.15) is 25.1 Å². The lowest BCUT2D eigenvalue weighted by Gasteiger charge is -2.21. The quantitative estimate of drug-likeness (QED) is 0.248. The molecule has 9 nitrogen and oxygen atoms in total. The number of hydrogen-bond acceptors (Lipinski definition) is 7. The van der Waals surface area contributed by atoms with E-state index in [9.17, 15) is 14.8 Å². The van der Waals surface area contributed by atoms with Crippen LogP contribution in [0.3, 0.4) is 0 Å². The summed E-state index contributed by atoms with van der Waals surface area (Å²) in [5.41, 5.74) is 3.28. The van der Waals surface area contributed by atoms with Gasteiger partial charge in [-0.3, -0.25) is 9.48 Å². The second-order valence-electron chi connectivity index (χ2n) is 9.27. The van der Waals surface area contributed by atoms with Crippen LogP contribution in [0.1, 0.15) is 20.3 Å². The van der Waals surface area contributed by atoms with Gasteiger partial charge in [0, 0.05) is 12.1 Å². The third kappa shape index (κ3) is 8.49. The van der Waals surface area contributed by atoms with Crippen molar-refractivity contribution in [2.45, 2.75) is 33.0 Å². The number of hydrogen-bond donors (Lipinski definition) is 3. The second kappa shape index (κ2) is 13.2. The molecule has 10 heteroatoms. The first-order valence-corrected chi connectivity index (χ1v) is 12.0. The van der Waals surface area contributed by atoms with Gasteiger partial charge in [-0.15, -0.1) is 0 Å². The van der Waals surface area contributed by atoms with Crippen molar-refractivity contribution in [2.24, 2.45) is 5.92 Å².